The van der Waals surface area contributed by atoms with Crippen molar-refractivity contribution in [2.45, 2.75) is 89.9 Å². The summed E-state index contributed by atoms with van der Waals surface area (Å²) in [5.74, 6) is -0.322. The van der Waals surface area contributed by atoms with E-state index in [-0.39, 0.29) is 54.3 Å². The summed E-state index contributed by atoms with van der Waals surface area (Å²) in [5, 5.41) is 10.1. The molecule has 0 bridgehead atoms. The minimum Gasteiger partial charge on any atom is -0.486 e. The molecule has 3 aliphatic heterocycles. The van der Waals surface area contributed by atoms with Gasteiger partial charge < -0.3 is 33.5 Å². The second kappa shape index (κ2) is 21.0. The summed E-state index contributed by atoms with van der Waals surface area (Å²) < 4.78 is 52.4. The van der Waals surface area contributed by atoms with Crippen LogP contribution in [0.5, 0.6) is 11.5 Å². The highest BCUT2D eigenvalue weighted by Gasteiger charge is 2.32. The van der Waals surface area contributed by atoms with Gasteiger partial charge in [-0.3, -0.25) is 14.9 Å². The number of pyridine rings is 2. The van der Waals surface area contributed by atoms with Gasteiger partial charge in [-0.25, -0.2) is 23.4 Å². The molecule has 13 nitrogen and oxygen atoms in total. The van der Waals surface area contributed by atoms with Crippen molar-refractivity contribution in [3.63, 3.8) is 0 Å². The van der Waals surface area contributed by atoms with Crippen LogP contribution in [-0.4, -0.2) is 91.0 Å². The second-order valence-corrected chi connectivity index (χ2v) is 18.8. The van der Waals surface area contributed by atoms with E-state index >= 15 is 0 Å². The first-order valence-electron chi connectivity index (χ1n) is 22.2. The zero-order chi connectivity index (χ0) is 47.2. The number of carboxylic acids is 1. The van der Waals surface area contributed by atoms with Gasteiger partial charge in [0.15, 0.2) is 23.1 Å². The van der Waals surface area contributed by atoms with Crippen molar-refractivity contribution in [3.8, 4) is 11.5 Å². The van der Waals surface area contributed by atoms with Gasteiger partial charge >= 0.3 is 12.1 Å². The number of likely N-dealkylation sites (tertiary alicyclic amines) is 2. The molecule has 1 N–H and O–H groups in total. The van der Waals surface area contributed by atoms with E-state index in [2.05, 4.69) is 19.4 Å². The average Bonchev–Trinajstić information content (AvgIpc) is 4.04. The smallest absolute Gasteiger partial charge is 0.410 e. The average molecular weight is 958 g/mol. The standard InChI is InChI=1S/C29H28ClFN4O4.C21H24ClFN2O3/c30-21-2-4-27(23(31)13-21)39-17-18-5-8-32-25(11-18)20-6-9-34(14-20)16-28-33-24-3-1-19(29(36)37)12-26(24)35(28)15-22-7-10-38-22;1-21(2,3)28-20(26)25-9-7-15(12-25)18-10-14(6-8-24-18)13-27-19-5-4-16(22)11-17(19)23/h1-5,8,11-13,20,22H,6-7,9-10,14-17H2,(H,36,37);4-6,8,10-11,15H,7,9,12-13H2,1-3H3/t20?,22-;/m0./s1. The Morgan fingerprint density at radius 1 is 0.791 bits per heavy atom. The van der Waals surface area contributed by atoms with Gasteiger partial charge in [-0.1, -0.05) is 23.2 Å². The third-order valence-corrected chi connectivity index (χ3v) is 12.3. The predicted octanol–water partition coefficient (Wildman–Crippen LogP) is 10.5. The van der Waals surface area contributed by atoms with Gasteiger partial charge in [0.1, 0.15) is 24.6 Å². The number of carbonyl (C=O) groups excluding carboxylic acids is 1. The maximum Gasteiger partial charge on any atom is 0.410 e. The summed E-state index contributed by atoms with van der Waals surface area (Å²) in [4.78, 5) is 41.8. The van der Waals surface area contributed by atoms with Gasteiger partial charge in [0.2, 0.25) is 0 Å². The zero-order valence-electron chi connectivity index (χ0n) is 37.5. The summed E-state index contributed by atoms with van der Waals surface area (Å²) in [6.45, 7) is 11.0. The van der Waals surface area contributed by atoms with Crippen LogP contribution < -0.4 is 9.47 Å². The van der Waals surface area contributed by atoms with Crippen molar-refractivity contribution in [2.75, 3.05) is 32.8 Å². The molecule has 67 heavy (non-hydrogen) atoms. The van der Waals surface area contributed by atoms with Crippen LogP contribution in [0.3, 0.4) is 0 Å². The molecule has 3 aliphatic rings. The largest absolute Gasteiger partial charge is 0.486 e. The number of ether oxygens (including phenoxy) is 4. The molecule has 6 aromatic rings. The third kappa shape index (κ3) is 12.4. The third-order valence-electron chi connectivity index (χ3n) is 11.8. The second-order valence-electron chi connectivity index (χ2n) is 18.0. The molecule has 0 saturated carbocycles. The number of amides is 1. The number of rotatable bonds is 13. The number of imidazole rings is 1. The van der Waals surface area contributed by atoms with Crippen molar-refractivity contribution in [3.05, 3.63) is 147 Å². The van der Waals surface area contributed by atoms with Crippen molar-refractivity contribution in [1.29, 1.82) is 0 Å². The van der Waals surface area contributed by atoms with Crippen LogP contribution in [0, 0.1) is 11.6 Å². The summed E-state index contributed by atoms with van der Waals surface area (Å²) >= 11 is 11.6. The van der Waals surface area contributed by atoms with E-state index in [1.165, 1.54) is 24.3 Å². The molecule has 3 fully saturated rings. The number of benzene rings is 3. The fraction of sp³-hybridized carbons (Fsp3) is 0.380. The minimum absolute atomic E-state index is 0.122. The van der Waals surface area contributed by atoms with Gasteiger partial charge in [0.05, 0.1) is 35.8 Å². The van der Waals surface area contributed by atoms with Crippen LogP contribution >= 0.6 is 23.2 Å². The van der Waals surface area contributed by atoms with Crippen LogP contribution in [0.2, 0.25) is 10.0 Å². The highest BCUT2D eigenvalue weighted by Crippen LogP contribution is 2.31. The monoisotopic (exact) mass is 956 g/mol. The summed E-state index contributed by atoms with van der Waals surface area (Å²) in [6, 6.07) is 21.4. The number of hydrogen-bond acceptors (Lipinski definition) is 10. The van der Waals surface area contributed by atoms with Crippen LogP contribution in [0.1, 0.15) is 90.6 Å². The number of halogens is 4. The Labute approximate surface area is 397 Å². The Morgan fingerprint density at radius 3 is 1.94 bits per heavy atom. The maximum absolute atomic E-state index is 14.1. The van der Waals surface area contributed by atoms with E-state index in [9.17, 15) is 23.5 Å². The molecular formula is C50H52Cl2F2N6O7. The van der Waals surface area contributed by atoms with Crippen molar-refractivity contribution in [1.82, 2.24) is 29.3 Å². The predicted molar refractivity (Wildman–Crippen MR) is 249 cm³/mol. The van der Waals surface area contributed by atoms with E-state index in [4.69, 9.17) is 47.1 Å². The fourth-order valence-corrected chi connectivity index (χ4v) is 8.61. The number of fused-ring (bicyclic) bond motifs is 1. The molecule has 2 unspecified atom stereocenters. The lowest BCUT2D eigenvalue weighted by Gasteiger charge is -2.28. The van der Waals surface area contributed by atoms with Crippen molar-refractivity contribution >= 4 is 46.3 Å². The first-order chi connectivity index (χ1) is 32.1. The van der Waals surface area contributed by atoms with E-state index in [1.54, 1.807) is 47.6 Å². The lowest BCUT2D eigenvalue weighted by molar-refractivity contribution is -0.0591. The number of carbonyl (C=O) groups is 2. The number of aromatic carboxylic acids is 1. The summed E-state index contributed by atoms with van der Waals surface area (Å²) in [6.07, 6.45) is 6.07. The van der Waals surface area contributed by atoms with E-state index in [0.29, 0.717) is 36.2 Å². The number of hydrogen-bond donors (Lipinski definition) is 1. The maximum atomic E-state index is 14.1. The van der Waals surface area contributed by atoms with Gasteiger partial charge in [0.25, 0.3) is 0 Å². The minimum atomic E-state index is -0.952. The Kier molecular flexibility index (Phi) is 14.9. The van der Waals surface area contributed by atoms with Crippen molar-refractivity contribution < 1.29 is 42.4 Å². The highest BCUT2D eigenvalue weighted by atomic mass is 35.5. The molecule has 3 aromatic carbocycles. The molecule has 17 heteroatoms. The van der Waals surface area contributed by atoms with Crippen LogP contribution in [-0.2, 0) is 35.8 Å². The first kappa shape index (κ1) is 47.6. The Balaban J connectivity index is 0.000000192. The SMILES string of the molecule is CC(C)(C)OC(=O)N1CCC(c2cc(COc3ccc(Cl)cc3F)ccn2)C1.O=C(O)c1ccc2nc(CN3CCC(c4cc(COc5ccc(Cl)cc5F)ccn4)C3)n(C[C@@H]3CCO3)c2c1. The molecule has 1 amide bonds. The quantitative estimate of drug-likeness (QED) is 0.118. The van der Waals surface area contributed by atoms with Gasteiger partial charge in [-0.2, -0.15) is 0 Å². The molecule has 0 radical (unpaired) electrons. The Morgan fingerprint density at radius 2 is 1.39 bits per heavy atom. The van der Waals surface area contributed by atoms with E-state index < -0.39 is 23.2 Å². The molecule has 9 rings (SSSR count). The molecule has 3 saturated heterocycles. The van der Waals surface area contributed by atoms with Gasteiger partial charge in [-0.15, -0.1) is 0 Å². The summed E-state index contributed by atoms with van der Waals surface area (Å²) in [7, 11) is 0. The van der Waals surface area contributed by atoms with Crippen LogP contribution in [0.4, 0.5) is 13.6 Å². The molecular weight excluding hydrogens is 905 g/mol. The molecule has 0 aliphatic carbocycles. The molecule has 352 valence electrons. The Bertz CT molecular complexity index is 2730. The van der Waals surface area contributed by atoms with Gasteiger partial charge in [0, 0.05) is 71.9 Å². The molecule has 6 heterocycles. The number of nitrogens with zero attached hydrogens (tertiary/aromatic N) is 6. The molecule has 3 atom stereocenters. The van der Waals surface area contributed by atoms with Crippen molar-refractivity contribution in [2.24, 2.45) is 0 Å². The van der Waals surface area contributed by atoms with E-state index in [1.807, 2.05) is 45.0 Å². The lowest BCUT2D eigenvalue weighted by Crippen LogP contribution is -2.35. The Hall–Kier alpha value is -5.87. The summed E-state index contributed by atoms with van der Waals surface area (Å²) in [5.41, 5.74) is 5.03. The van der Waals surface area contributed by atoms with Crippen LogP contribution in [0.15, 0.2) is 91.3 Å². The normalized spacial score (nSPS) is 18.3. The van der Waals surface area contributed by atoms with Crippen LogP contribution in [0.25, 0.3) is 11.0 Å². The number of carboxylic acid groups (broad SMARTS) is 1. The molecule has 3 aromatic heterocycles. The molecule has 0 spiro atoms. The first-order valence-corrected chi connectivity index (χ1v) is 23.0. The number of aromatic nitrogens is 4. The van der Waals surface area contributed by atoms with E-state index in [0.717, 1.165) is 78.3 Å². The zero-order valence-corrected chi connectivity index (χ0v) is 39.0. The van der Waals surface area contributed by atoms with Gasteiger partial charge in [-0.05, 0) is 137 Å². The lowest BCUT2D eigenvalue weighted by atomic mass is 10.0. The topological polar surface area (TPSA) is 141 Å². The highest BCUT2D eigenvalue weighted by molar-refractivity contribution is 6.30. The fourth-order valence-electron chi connectivity index (χ4n) is 8.30.